The van der Waals surface area contributed by atoms with Crippen molar-refractivity contribution in [3.63, 3.8) is 0 Å². The van der Waals surface area contributed by atoms with Crippen LogP contribution in [0.4, 0.5) is 0 Å². The maximum atomic E-state index is 2.67. The maximum Gasteiger partial charge on any atom is 0.118 e. The Kier molecular flexibility index (Phi) is 3.18. The highest BCUT2D eigenvalue weighted by Gasteiger charge is 2.55. The van der Waals surface area contributed by atoms with Gasteiger partial charge in [0.15, 0.2) is 0 Å². The lowest BCUT2D eigenvalue weighted by molar-refractivity contribution is -0.0987. The zero-order chi connectivity index (χ0) is 12.1. The lowest BCUT2D eigenvalue weighted by atomic mass is 9.35. The molecule has 16 heavy (non-hydrogen) atoms. The molecule has 0 aromatic carbocycles. The zero-order valence-corrected chi connectivity index (χ0v) is 12.0. The lowest BCUT2D eigenvalue weighted by Gasteiger charge is -2.62. The minimum absolute atomic E-state index is 0.644. The number of hydrogen-bond acceptors (Lipinski definition) is 0. The van der Waals surface area contributed by atoms with Crippen LogP contribution in [0.25, 0.3) is 0 Å². The van der Waals surface area contributed by atoms with Crippen LogP contribution in [0.15, 0.2) is 0 Å². The van der Waals surface area contributed by atoms with Gasteiger partial charge in [0.2, 0.25) is 0 Å². The van der Waals surface area contributed by atoms with Crippen LogP contribution in [0.1, 0.15) is 54.4 Å². The SMILES string of the molecule is CC(C)C(C)[B]C1CC2C[C@@H](C1C)C2(C)C. The van der Waals surface area contributed by atoms with Crippen LogP contribution >= 0.6 is 0 Å². The van der Waals surface area contributed by atoms with Crippen molar-refractivity contribution in [1.29, 1.82) is 0 Å². The van der Waals surface area contributed by atoms with E-state index >= 15 is 0 Å². The molecule has 5 atom stereocenters. The molecule has 3 rings (SSSR count). The van der Waals surface area contributed by atoms with Crippen molar-refractivity contribution in [2.75, 3.05) is 0 Å². The molecule has 0 spiro atoms. The minimum atomic E-state index is 0.644. The Morgan fingerprint density at radius 3 is 2.19 bits per heavy atom. The van der Waals surface area contributed by atoms with E-state index in [1.54, 1.807) is 0 Å². The molecule has 3 aliphatic rings. The molecule has 0 aliphatic heterocycles. The minimum Gasteiger partial charge on any atom is -0.0694 e. The van der Waals surface area contributed by atoms with Crippen LogP contribution in [0.5, 0.6) is 0 Å². The third-order valence-corrected chi connectivity index (χ3v) is 6.02. The number of fused-ring (bicyclic) bond motifs is 2. The molecule has 0 aromatic rings. The van der Waals surface area contributed by atoms with Crippen LogP contribution in [-0.4, -0.2) is 7.28 Å². The van der Waals surface area contributed by atoms with Crippen molar-refractivity contribution in [2.24, 2.45) is 29.1 Å². The monoisotopic (exact) mass is 219 g/mol. The molecule has 1 heteroatoms. The first kappa shape index (κ1) is 12.5. The first-order valence-corrected chi connectivity index (χ1v) is 7.19. The van der Waals surface area contributed by atoms with Crippen molar-refractivity contribution in [2.45, 2.75) is 66.0 Å². The van der Waals surface area contributed by atoms with Crippen LogP contribution in [0.3, 0.4) is 0 Å². The van der Waals surface area contributed by atoms with Crippen molar-refractivity contribution in [1.82, 2.24) is 0 Å². The summed E-state index contributed by atoms with van der Waals surface area (Å²) >= 11 is 0. The van der Waals surface area contributed by atoms with E-state index in [1.807, 2.05) is 0 Å². The Hall–Kier alpha value is 0.0649. The largest absolute Gasteiger partial charge is 0.118 e. The Morgan fingerprint density at radius 1 is 1.12 bits per heavy atom. The first-order valence-electron chi connectivity index (χ1n) is 7.19. The van der Waals surface area contributed by atoms with Gasteiger partial charge < -0.3 is 0 Å². The van der Waals surface area contributed by atoms with E-state index < -0.39 is 0 Å². The van der Waals surface area contributed by atoms with E-state index in [2.05, 4.69) is 48.8 Å². The van der Waals surface area contributed by atoms with Gasteiger partial charge in [-0.05, 0) is 29.6 Å². The highest BCUT2D eigenvalue weighted by molar-refractivity contribution is 6.39. The predicted molar refractivity (Wildman–Crippen MR) is 72.9 cm³/mol. The molecule has 3 fully saturated rings. The van der Waals surface area contributed by atoms with Gasteiger partial charge in [0.25, 0.3) is 0 Å². The van der Waals surface area contributed by atoms with Gasteiger partial charge in [-0.25, -0.2) is 0 Å². The molecular weight excluding hydrogens is 191 g/mol. The van der Waals surface area contributed by atoms with Crippen molar-refractivity contribution < 1.29 is 0 Å². The van der Waals surface area contributed by atoms with Crippen molar-refractivity contribution >= 4 is 7.28 Å². The van der Waals surface area contributed by atoms with Gasteiger partial charge in [0.1, 0.15) is 7.28 Å². The Bertz CT molecular complexity index is 254. The first-order chi connectivity index (χ1) is 7.34. The summed E-state index contributed by atoms with van der Waals surface area (Å²) in [6.45, 7) is 14.6. The standard InChI is InChI=1S/C15H28B/c1-9(2)11(4)16-14-8-12-7-13(10(14)3)15(12,5)6/h9-14H,7-8H2,1-6H3/t10?,11?,12?,13-,14?/m0/s1. The van der Waals surface area contributed by atoms with Gasteiger partial charge in [-0.15, -0.1) is 0 Å². The molecular formula is C15H28B. The van der Waals surface area contributed by atoms with Gasteiger partial charge in [-0.3, -0.25) is 0 Å². The number of hydrogen-bond donors (Lipinski definition) is 0. The molecule has 1 radical (unpaired) electrons. The van der Waals surface area contributed by atoms with Crippen LogP contribution in [0, 0.1) is 29.1 Å². The fraction of sp³-hybridized carbons (Fsp3) is 1.00. The second-order valence-corrected chi connectivity index (χ2v) is 7.41. The van der Waals surface area contributed by atoms with Gasteiger partial charge in [0.05, 0.1) is 0 Å². The van der Waals surface area contributed by atoms with E-state index in [1.165, 1.54) is 12.8 Å². The zero-order valence-electron chi connectivity index (χ0n) is 12.0. The Morgan fingerprint density at radius 2 is 1.75 bits per heavy atom. The summed E-state index contributed by atoms with van der Waals surface area (Å²) < 4.78 is 0. The smallest absolute Gasteiger partial charge is 0.0694 e. The molecule has 3 saturated carbocycles. The lowest BCUT2D eigenvalue weighted by Crippen LogP contribution is -2.54. The molecule has 0 saturated heterocycles. The fourth-order valence-corrected chi connectivity index (χ4v) is 4.06. The third-order valence-electron chi connectivity index (χ3n) is 6.02. The fourth-order valence-electron chi connectivity index (χ4n) is 4.06. The molecule has 2 bridgehead atoms. The molecule has 3 aliphatic carbocycles. The van der Waals surface area contributed by atoms with Crippen molar-refractivity contribution in [3.8, 4) is 0 Å². The van der Waals surface area contributed by atoms with E-state index in [0.717, 1.165) is 35.3 Å². The second-order valence-electron chi connectivity index (χ2n) is 7.41. The molecule has 0 nitrogen and oxygen atoms in total. The molecule has 0 aromatic heterocycles. The van der Waals surface area contributed by atoms with Crippen LogP contribution in [0.2, 0.25) is 11.6 Å². The Labute approximate surface area is 103 Å². The summed E-state index contributed by atoms with van der Waals surface area (Å²) in [6, 6.07) is 0. The second kappa shape index (κ2) is 4.07. The summed E-state index contributed by atoms with van der Waals surface area (Å²) in [4.78, 5) is 0. The van der Waals surface area contributed by atoms with Crippen molar-refractivity contribution in [3.05, 3.63) is 0 Å². The van der Waals surface area contributed by atoms with Crippen LogP contribution < -0.4 is 0 Å². The topological polar surface area (TPSA) is 0 Å². The molecule has 4 unspecified atom stereocenters. The van der Waals surface area contributed by atoms with Gasteiger partial charge in [-0.2, -0.15) is 0 Å². The average Bonchev–Trinajstić information content (AvgIpc) is 2.19. The van der Waals surface area contributed by atoms with E-state index in [-0.39, 0.29) is 0 Å². The summed E-state index contributed by atoms with van der Waals surface area (Å²) in [5, 5.41) is 0. The van der Waals surface area contributed by atoms with Gasteiger partial charge in [0, 0.05) is 0 Å². The molecule has 0 heterocycles. The highest BCUT2D eigenvalue weighted by Crippen LogP contribution is 2.64. The number of rotatable bonds is 3. The average molecular weight is 219 g/mol. The summed E-state index contributed by atoms with van der Waals surface area (Å²) in [6.07, 6.45) is 2.97. The third kappa shape index (κ3) is 1.85. The Balaban J connectivity index is 1.96. The molecule has 0 amide bonds. The van der Waals surface area contributed by atoms with Gasteiger partial charge in [-0.1, -0.05) is 65.5 Å². The van der Waals surface area contributed by atoms with E-state index in [4.69, 9.17) is 0 Å². The van der Waals surface area contributed by atoms with E-state index in [9.17, 15) is 0 Å². The van der Waals surface area contributed by atoms with Gasteiger partial charge >= 0.3 is 0 Å². The summed E-state index contributed by atoms with van der Waals surface area (Å²) in [7, 11) is 2.67. The summed E-state index contributed by atoms with van der Waals surface area (Å²) in [5.74, 6) is 5.41. The predicted octanol–water partition coefficient (Wildman–Crippen LogP) is 4.65. The molecule has 0 N–H and O–H groups in total. The summed E-state index contributed by atoms with van der Waals surface area (Å²) in [5.41, 5.74) is 0.644. The highest BCUT2D eigenvalue weighted by atomic mass is 14.6. The normalized spacial score (nSPS) is 42.7. The van der Waals surface area contributed by atoms with E-state index in [0.29, 0.717) is 5.41 Å². The molecule has 91 valence electrons. The van der Waals surface area contributed by atoms with Crippen LogP contribution in [-0.2, 0) is 0 Å². The quantitative estimate of drug-likeness (QED) is 0.606. The maximum absolute atomic E-state index is 2.67.